The topological polar surface area (TPSA) is 497 Å². The van der Waals surface area contributed by atoms with E-state index in [9.17, 15) is 105 Å². The Kier molecular flexibility index (Phi) is 48.9. The van der Waals surface area contributed by atoms with Gasteiger partial charge in [0.05, 0.1) is 64.3 Å². The molecule has 18 N–H and O–H groups in total. The second-order valence-corrected chi connectivity index (χ2v) is 40.4. The average Bonchev–Trinajstić information content (AvgIpc) is 0.781. The van der Waals surface area contributed by atoms with Gasteiger partial charge in [-0.2, -0.15) is 35.3 Å². The van der Waals surface area contributed by atoms with Crippen LogP contribution in [0.3, 0.4) is 0 Å². The number of hydrogen-bond donors (Lipinski definition) is 18. The van der Waals surface area contributed by atoms with Gasteiger partial charge in [0.2, 0.25) is 32.5 Å². The minimum atomic E-state index is -2.13. The van der Waals surface area contributed by atoms with Gasteiger partial charge in [-0.05, 0) is 129 Å². The maximum absolute atomic E-state index is 12.6. The third-order valence-corrected chi connectivity index (χ3v) is 32.5. The third kappa shape index (κ3) is 34.0. The van der Waals surface area contributed by atoms with E-state index in [2.05, 4.69) is 40.2 Å². The summed E-state index contributed by atoms with van der Waals surface area (Å²) in [5.41, 5.74) is 0. The Morgan fingerprint density at radius 2 is 0.670 bits per heavy atom. The molecule has 630 valence electrons. The Morgan fingerprint density at radius 1 is 0.413 bits per heavy atom. The number of unbranched alkanes of at least 4 members (excludes halogenated alkanes) is 6. The standard InChI is InChI=1S/C72H125N3O27S6Si/c1-48(79)73-58-52(82)42-70(67(91)92,100-64(58)61(88)55(85)45-76)106-36-13-5-10-30-103-33-16-24-97-27-19-39-109(51-22-8-4-9-23-51,40-20-28-98-25-17-34-104-31-11-6-14-37-107-71(68(93)94)43-53(83)59(74-49(2)80)65(101-71)62(89)56(86)46-77)41-21-29-99-26-18-35-105-32-12-7-15-38-108-72(69(95)96)44-54(84)60(75-50(3)81)66(102-72)63(90)57(87)47-78/h4,8-9,22-23,52-66,76-78,82-90H,5-7,10-21,24-47H2,1-3H3,(H,73,79)(H,74,80)(H,75,81)(H,91,92)(H,93,94)(H,95,96)/t52-,53-,54-,55+,56+,57+,58+,59+,60+,61+,62+,63+,64+,65+,66+,70-,71-,72-/m0/s1. The SMILES string of the molecule is CC(=O)N[C@H]1[C@H]([C@H](O)[C@H](O)CO)O[C@@](SCCCCCSCCCOCCC[Si](CCCOCCCSCCCCCS[C@]2(C(=O)O)C[C@H](O)[C@@H](NC(C)=O)[C@H]([C@H](O)[C@H](O)CO)O2)(CCCOCCCSCCCCCS[C@]2(C(=O)O)C[C@H](O)[C@@H](NC(C)=O)[C@H]([C@H](O)[C@H](O)CO)O2)c2ccccc2)(C(=O)O)C[C@@H]1O. The molecule has 0 saturated carbocycles. The highest BCUT2D eigenvalue weighted by Gasteiger charge is 2.58. The normalized spacial score (nSPS) is 26.2. The summed E-state index contributed by atoms with van der Waals surface area (Å²) < 4.78 is 36.4. The summed E-state index contributed by atoms with van der Waals surface area (Å²) in [4.78, 5) is 67.6. The van der Waals surface area contributed by atoms with E-state index in [0.29, 0.717) is 76.2 Å². The van der Waals surface area contributed by atoms with Gasteiger partial charge in [-0.1, -0.05) is 72.9 Å². The average molecular weight is 1690 g/mol. The first-order valence-corrected chi connectivity index (χ1v) is 47.1. The van der Waals surface area contributed by atoms with E-state index in [1.54, 1.807) is 0 Å². The summed E-state index contributed by atoms with van der Waals surface area (Å²) in [6.07, 6.45) is -7.81. The van der Waals surface area contributed by atoms with Gasteiger partial charge in [0, 0.05) is 79.7 Å². The van der Waals surface area contributed by atoms with Crippen molar-refractivity contribution in [3.8, 4) is 0 Å². The fourth-order valence-electron chi connectivity index (χ4n) is 13.5. The van der Waals surface area contributed by atoms with Crippen molar-refractivity contribution in [3.63, 3.8) is 0 Å². The van der Waals surface area contributed by atoms with Gasteiger partial charge >= 0.3 is 17.9 Å². The fourth-order valence-corrected chi connectivity index (χ4v) is 25.1. The molecule has 1 aromatic carbocycles. The number of carbonyl (C=O) groups is 6. The number of thioether (sulfide) groups is 6. The molecule has 0 radical (unpaired) electrons. The Bertz CT molecular complexity index is 2500. The largest absolute Gasteiger partial charge is 0.478 e. The molecule has 0 aliphatic carbocycles. The lowest BCUT2D eigenvalue weighted by Crippen LogP contribution is -2.66. The Morgan fingerprint density at radius 3 is 0.927 bits per heavy atom. The Hall–Kier alpha value is -2.36. The Labute approximate surface area is 667 Å². The van der Waals surface area contributed by atoms with Crippen molar-refractivity contribution >= 4 is 119 Å². The number of ether oxygens (including phenoxy) is 6. The number of carbonyl (C=O) groups excluding carboxylic acids is 3. The van der Waals surface area contributed by atoms with Gasteiger partial charge in [-0.15, -0.1) is 35.3 Å². The van der Waals surface area contributed by atoms with E-state index >= 15 is 0 Å². The van der Waals surface area contributed by atoms with Crippen LogP contribution in [-0.2, 0) is 57.2 Å². The summed E-state index contributed by atoms with van der Waals surface area (Å²) in [5.74, 6) is 0.839. The zero-order chi connectivity index (χ0) is 80.4. The molecule has 18 atom stereocenters. The van der Waals surface area contributed by atoms with Crippen LogP contribution in [0.25, 0.3) is 0 Å². The highest BCUT2D eigenvalue weighted by molar-refractivity contribution is 8.01. The van der Waals surface area contributed by atoms with Crippen LogP contribution in [-0.4, -0.2) is 338 Å². The minimum absolute atomic E-state index is 0.369. The summed E-state index contributed by atoms with van der Waals surface area (Å²) >= 11 is 8.44. The first-order chi connectivity index (χ1) is 52.1. The molecule has 3 aliphatic heterocycles. The van der Waals surface area contributed by atoms with Crippen LogP contribution in [0.1, 0.15) is 136 Å². The second-order valence-electron chi connectivity index (χ2n) is 28.1. The molecule has 4 rings (SSSR count). The maximum atomic E-state index is 12.6. The number of carboxylic acids is 3. The molecular formula is C72H125N3O27S6Si. The van der Waals surface area contributed by atoms with Crippen molar-refractivity contribution in [1.82, 2.24) is 16.0 Å². The number of carboxylic acid groups (broad SMARTS) is 3. The van der Waals surface area contributed by atoms with Crippen LogP contribution in [0.15, 0.2) is 30.3 Å². The fraction of sp³-hybridized carbons (Fsp3) is 0.833. The predicted molar refractivity (Wildman–Crippen MR) is 425 cm³/mol. The Balaban J connectivity index is 1.21. The predicted octanol–water partition coefficient (Wildman–Crippen LogP) is 2.09. The quantitative estimate of drug-likeness (QED) is 0.0328. The molecule has 3 saturated heterocycles. The van der Waals surface area contributed by atoms with Gasteiger partial charge in [-0.25, -0.2) is 14.4 Å². The van der Waals surface area contributed by atoms with Gasteiger partial charge < -0.3 is 121 Å². The van der Waals surface area contributed by atoms with Crippen molar-refractivity contribution in [2.45, 2.75) is 261 Å². The van der Waals surface area contributed by atoms with Crippen molar-refractivity contribution < 1.29 is 134 Å². The number of aliphatic hydroxyl groups is 12. The van der Waals surface area contributed by atoms with Crippen LogP contribution in [0.4, 0.5) is 0 Å². The number of rotatable bonds is 61. The number of aliphatic carboxylic acids is 3. The van der Waals surface area contributed by atoms with Crippen LogP contribution < -0.4 is 21.1 Å². The zero-order valence-corrected chi connectivity index (χ0v) is 69.1. The first kappa shape index (κ1) is 99.0. The molecule has 3 aliphatic rings. The summed E-state index contributed by atoms with van der Waals surface area (Å²) in [7, 11) is -2.13. The molecule has 0 aromatic heterocycles. The highest BCUT2D eigenvalue weighted by atomic mass is 32.2. The molecule has 1 aromatic rings. The lowest BCUT2D eigenvalue weighted by molar-refractivity contribution is -0.205. The number of benzene rings is 1. The minimum Gasteiger partial charge on any atom is -0.478 e. The van der Waals surface area contributed by atoms with Crippen LogP contribution in [0.5, 0.6) is 0 Å². The van der Waals surface area contributed by atoms with E-state index in [0.717, 1.165) is 165 Å². The number of amides is 3. The molecule has 30 nitrogen and oxygen atoms in total. The lowest BCUT2D eigenvalue weighted by atomic mass is 9.90. The monoisotopic (exact) mass is 1680 g/mol. The van der Waals surface area contributed by atoms with Gasteiger partial charge in [0.15, 0.2) is 0 Å². The molecule has 0 unspecified atom stereocenters. The number of nitrogens with one attached hydrogen (secondary N) is 3. The molecule has 0 bridgehead atoms. The lowest BCUT2D eigenvalue weighted by Gasteiger charge is -2.46. The summed E-state index contributed by atoms with van der Waals surface area (Å²) in [5, 5.41) is 164. The third-order valence-electron chi connectivity index (χ3n) is 19.3. The molecule has 0 spiro atoms. The maximum Gasteiger partial charge on any atom is 0.346 e. The molecule has 3 fully saturated rings. The number of aliphatic hydroxyl groups excluding tert-OH is 12. The van der Waals surface area contributed by atoms with Crippen molar-refractivity contribution in [1.29, 1.82) is 0 Å². The van der Waals surface area contributed by atoms with E-state index < -0.39 is 170 Å². The molecule has 3 heterocycles. The van der Waals surface area contributed by atoms with Gasteiger partial charge in [0.1, 0.15) is 54.9 Å². The van der Waals surface area contributed by atoms with Crippen molar-refractivity contribution in [2.75, 3.05) is 111 Å². The van der Waals surface area contributed by atoms with E-state index in [4.69, 9.17) is 28.4 Å². The van der Waals surface area contributed by atoms with Gasteiger partial charge in [0.25, 0.3) is 0 Å². The smallest absolute Gasteiger partial charge is 0.346 e. The number of hydrogen-bond acceptors (Lipinski definition) is 30. The first-order valence-electron chi connectivity index (χ1n) is 38.0. The second kappa shape index (κ2) is 53.8. The summed E-state index contributed by atoms with van der Waals surface area (Å²) in [6, 6.07) is 10.3. The van der Waals surface area contributed by atoms with E-state index in [1.807, 2.05) is 41.4 Å². The molecular weight excluding hydrogens is 1560 g/mol. The van der Waals surface area contributed by atoms with Gasteiger partial charge in [-0.3, -0.25) is 14.4 Å². The zero-order valence-electron chi connectivity index (χ0n) is 63.2. The van der Waals surface area contributed by atoms with E-state index in [-0.39, 0.29) is 19.3 Å². The molecule has 37 heteroatoms. The van der Waals surface area contributed by atoms with E-state index in [1.165, 1.54) is 26.0 Å². The summed E-state index contributed by atoms with van der Waals surface area (Å²) in [6.45, 7) is 4.84. The molecule has 109 heavy (non-hydrogen) atoms. The molecule has 3 amide bonds. The van der Waals surface area contributed by atoms with Crippen LogP contribution >= 0.6 is 70.6 Å². The highest BCUT2D eigenvalue weighted by Crippen LogP contribution is 2.44. The van der Waals surface area contributed by atoms with Crippen LogP contribution in [0, 0.1) is 0 Å². The van der Waals surface area contributed by atoms with Crippen LogP contribution in [0.2, 0.25) is 18.1 Å². The van der Waals surface area contributed by atoms with Crippen molar-refractivity contribution in [3.05, 3.63) is 30.3 Å². The van der Waals surface area contributed by atoms with Crippen molar-refractivity contribution in [2.24, 2.45) is 0 Å².